The maximum absolute atomic E-state index is 6.24. The van der Waals surface area contributed by atoms with Crippen LogP contribution < -0.4 is 10.5 Å². The minimum absolute atomic E-state index is 0.208. The SMILES string of the molecule is CCOc1cc(Cl)c(C(N)C2COCCO2)cc1Cl. The van der Waals surface area contributed by atoms with Gasteiger partial charge >= 0.3 is 0 Å². The van der Waals surface area contributed by atoms with E-state index in [1.165, 1.54) is 0 Å². The number of halogens is 2. The molecule has 0 radical (unpaired) electrons. The molecule has 2 atom stereocenters. The Kier molecular flexibility index (Phi) is 5.30. The van der Waals surface area contributed by atoms with E-state index in [0.29, 0.717) is 42.2 Å². The molecule has 1 saturated heterocycles. The van der Waals surface area contributed by atoms with Crippen LogP contribution in [-0.2, 0) is 9.47 Å². The van der Waals surface area contributed by atoms with Crippen LogP contribution in [0.5, 0.6) is 5.75 Å². The Hall–Kier alpha value is -0.520. The molecule has 0 amide bonds. The average Bonchev–Trinajstić information content (AvgIpc) is 2.43. The van der Waals surface area contributed by atoms with Gasteiger partial charge in [-0.15, -0.1) is 0 Å². The highest BCUT2D eigenvalue weighted by Gasteiger charge is 2.26. The molecule has 1 heterocycles. The number of hydrogen-bond donors (Lipinski definition) is 1. The van der Waals surface area contributed by atoms with E-state index in [1.54, 1.807) is 12.1 Å². The highest BCUT2D eigenvalue weighted by molar-refractivity contribution is 6.34. The molecule has 1 fully saturated rings. The molecule has 106 valence electrons. The van der Waals surface area contributed by atoms with Gasteiger partial charge in [-0.05, 0) is 18.6 Å². The second-order valence-electron chi connectivity index (χ2n) is 4.25. The Morgan fingerprint density at radius 2 is 2.16 bits per heavy atom. The van der Waals surface area contributed by atoms with Crippen LogP contribution in [0.1, 0.15) is 18.5 Å². The molecule has 0 aliphatic carbocycles. The Labute approximate surface area is 122 Å². The Balaban J connectivity index is 2.21. The zero-order valence-corrected chi connectivity index (χ0v) is 12.2. The maximum atomic E-state index is 6.24. The van der Waals surface area contributed by atoms with Gasteiger partial charge < -0.3 is 19.9 Å². The highest BCUT2D eigenvalue weighted by Crippen LogP contribution is 2.35. The summed E-state index contributed by atoms with van der Waals surface area (Å²) in [6.45, 7) is 4.02. The highest BCUT2D eigenvalue weighted by atomic mass is 35.5. The molecule has 6 heteroatoms. The van der Waals surface area contributed by atoms with E-state index in [-0.39, 0.29) is 12.1 Å². The number of hydrogen-bond acceptors (Lipinski definition) is 4. The van der Waals surface area contributed by atoms with E-state index < -0.39 is 0 Å². The first-order chi connectivity index (χ1) is 9.13. The third kappa shape index (κ3) is 3.52. The summed E-state index contributed by atoms with van der Waals surface area (Å²) >= 11 is 12.4. The predicted molar refractivity (Wildman–Crippen MR) is 75.1 cm³/mol. The zero-order chi connectivity index (χ0) is 13.8. The van der Waals surface area contributed by atoms with Crippen LogP contribution in [0.2, 0.25) is 10.0 Å². The molecule has 0 saturated carbocycles. The first-order valence-electron chi connectivity index (χ1n) is 6.20. The van der Waals surface area contributed by atoms with Gasteiger partial charge in [0.25, 0.3) is 0 Å². The van der Waals surface area contributed by atoms with Gasteiger partial charge in [-0.3, -0.25) is 0 Å². The minimum Gasteiger partial charge on any atom is -0.492 e. The quantitative estimate of drug-likeness (QED) is 0.929. The third-order valence-corrected chi connectivity index (χ3v) is 3.58. The molecule has 1 aromatic carbocycles. The molecule has 0 spiro atoms. The molecule has 2 rings (SSSR count). The van der Waals surface area contributed by atoms with Gasteiger partial charge in [0.1, 0.15) is 11.9 Å². The Morgan fingerprint density at radius 3 is 2.79 bits per heavy atom. The van der Waals surface area contributed by atoms with Crippen molar-refractivity contribution in [1.29, 1.82) is 0 Å². The van der Waals surface area contributed by atoms with Gasteiger partial charge in [0.05, 0.1) is 37.5 Å². The van der Waals surface area contributed by atoms with Crippen LogP contribution in [0.3, 0.4) is 0 Å². The van der Waals surface area contributed by atoms with Crippen molar-refractivity contribution in [2.75, 3.05) is 26.4 Å². The van der Waals surface area contributed by atoms with Crippen LogP contribution in [0.15, 0.2) is 12.1 Å². The largest absolute Gasteiger partial charge is 0.492 e. The molecule has 0 aromatic heterocycles. The monoisotopic (exact) mass is 305 g/mol. The van der Waals surface area contributed by atoms with E-state index in [0.717, 1.165) is 5.56 Å². The summed E-state index contributed by atoms with van der Waals surface area (Å²) < 4.78 is 16.3. The van der Waals surface area contributed by atoms with Crippen LogP contribution in [0.25, 0.3) is 0 Å². The lowest BCUT2D eigenvalue weighted by atomic mass is 10.0. The molecule has 0 bridgehead atoms. The van der Waals surface area contributed by atoms with Crippen LogP contribution in [-0.4, -0.2) is 32.5 Å². The lowest BCUT2D eigenvalue weighted by Gasteiger charge is -2.29. The zero-order valence-electron chi connectivity index (χ0n) is 10.7. The average molecular weight is 306 g/mol. The lowest BCUT2D eigenvalue weighted by molar-refractivity contribution is -0.0975. The van der Waals surface area contributed by atoms with E-state index in [2.05, 4.69) is 0 Å². The van der Waals surface area contributed by atoms with E-state index >= 15 is 0 Å². The van der Waals surface area contributed by atoms with Gasteiger partial charge in [0.15, 0.2) is 0 Å². The van der Waals surface area contributed by atoms with Crippen molar-refractivity contribution in [3.63, 3.8) is 0 Å². The molecule has 1 aliphatic heterocycles. The molecule has 2 N–H and O–H groups in total. The van der Waals surface area contributed by atoms with Crippen molar-refractivity contribution in [3.8, 4) is 5.75 Å². The van der Waals surface area contributed by atoms with Crippen molar-refractivity contribution in [3.05, 3.63) is 27.7 Å². The van der Waals surface area contributed by atoms with E-state index in [1.807, 2.05) is 6.92 Å². The normalized spacial score (nSPS) is 21.2. The fourth-order valence-corrected chi connectivity index (χ4v) is 2.49. The summed E-state index contributed by atoms with van der Waals surface area (Å²) in [7, 11) is 0. The van der Waals surface area contributed by atoms with Gasteiger partial charge in [-0.2, -0.15) is 0 Å². The molecular formula is C13H17Cl2NO3. The maximum Gasteiger partial charge on any atom is 0.139 e. The van der Waals surface area contributed by atoms with Gasteiger partial charge in [0, 0.05) is 11.1 Å². The van der Waals surface area contributed by atoms with Gasteiger partial charge in [-0.1, -0.05) is 23.2 Å². The minimum atomic E-state index is -0.374. The van der Waals surface area contributed by atoms with Crippen molar-refractivity contribution >= 4 is 23.2 Å². The molecule has 1 aliphatic rings. The third-order valence-electron chi connectivity index (χ3n) is 2.95. The first kappa shape index (κ1) is 14.9. The standard InChI is InChI=1S/C13H17Cl2NO3/c1-2-18-11-6-9(14)8(5-10(11)15)13(16)12-7-17-3-4-19-12/h5-6,12-13H,2-4,7,16H2,1H3. The Bertz CT molecular complexity index is 436. The Morgan fingerprint density at radius 1 is 1.37 bits per heavy atom. The van der Waals surface area contributed by atoms with Crippen molar-refractivity contribution in [2.24, 2.45) is 5.73 Å². The number of ether oxygens (including phenoxy) is 3. The van der Waals surface area contributed by atoms with Gasteiger partial charge in [-0.25, -0.2) is 0 Å². The fourth-order valence-electron chi connectivity index (χ4n) is 1.98. The van der Waals surface area contributed by atoms with Gasteiger partial charge in [0.2, 0.25) is 0 Å². The number of rotatable bonds is 4. The molecule has 2 unspecified atom stereocenters. The van der Waals surface area contributed by atoms with E-state index in [9.17, 15) is 0 Å². The fraction of sp³-hybridized carbons (Fsp3) is 0.538. The first-order valence-corrected chi connectivity index (χ1v) is 6.95. The number of nitrogens with two attached hydrogens (primary N) is 1. The summed E-state index contributed by atoms with van der Waals surface area (Å²) in [6.07, 6.45) is -0.208. The summed E-state index contributed by atoms with van der Waals surface area (Å²) in [6, 6.07) is 3.05. The number of benzene rings is 1. The summed E-state index contributed by atoms with van der Waals surface area (Å²) in [4.78, 5) is 0. The molecule has 4 nitrogen and oxygen atoms in total. The topological polar surface area (TPSA) is 53.7 Å². The van der Waals surface area contributed by atoms with Crippen molar-refractivity contribution in [2.45, 2.75) is 19.1 Å². The summed E-state index contributed by atoms with van der Waals surface area (Å²) in [5, 5.41) is 1.02. The van der Waals surface area contributed by atoms with Crippen LogP contribution >= 0.6 is 23.2 Å². The van der Waals surface area contributed by atoms with Crippen LogP contribution in [0, 0.1) is 0 Å². The second kappa shape index (κ2) is 6.77. The predicted octanol–water partition coefficient (Wildman–Crippen LogP) is 2.81. The van der Waals surface area contributed by atoms with Crippen LogP contribution in [0.4, 0.5) is 0 Å². The smallest absolute Gasteiger partial charge is 0.139 e. The lowest BCUT2D eigenvalue weighted by Crippen LogP contribution is -2.37. The molecule has 1 aromatic rings. The van der Waals surface area contributed by atoms with Crippen molar-refractivity contribution < 1.29 is 14.2 Å². The molecule has 19 heavy (non-hydrogen) atoms. The summed E-state index contributed by atoms with van der Waals surface area (Å²) in [5.41, 5.74) is 6.92. The molecular weight excluding hydrogens is 289 g/mol. The summed E-state index contributed by atoms with van der Waals surface area (Å²) in [5.74, 6) is 0.561. The van der Waals surface area contributed by atoms with Crippen molar-refractivity contribution in [1.82, 2.24) is 0 Å². The second-order valence-corrected chi connectivity index (χ2v) is 5.06. The van der Waals surface area contributed by atoms with E-state index in [4.69, 9.17) is 43.1 Å².